The van der Waals surface area contributed by atoms with Gasteiger partial charge in [-0.2, -0.15) is 0 Å². The number of aromatic nitrogens is 1. The minimum Gasteiger partial charge on any atom is -0.310 e. The first-order valence-electron chi connectivity index (χ1n) is 23.0. The summed E-state index contributed by atoms with van der Waals surface area (Å²) in [6.07, 6.45) is 6.45. The van der Waals surface area contributed by atoms with E-state index in [-0.39, 0.29) is 0 Å². The normalized spacial score (nSPS) is 13.2. The van der Waals surface area contributed by atoms with E-state index >= 15 is 0 Å². The van der Waals surface area contributed by atoms with E-state index < -0.39 is 0 Å². The second-order valence-electron chi connectivity index (χ2n) is 17.5. The van der Waals surface area contributed by atoms with Gasteiger partial charge in [0.1, 0.15) is 0 Å². The maximum atomic E-state index is 2.50. The van der Waals surface area contributed by atoms with Gasteiger partial charge in [0.05, 0.1) is 16.7 Å². The van der Waals surface area contributed by atoms with Gasteiger partial charge >= 0.3 is 0 Å². The van der Waals surface area contributed by atoms with Gasteiger partial charge in [-0.25, -0.2) is 0 Å². The van der Waals surface area contributed by atoms with Gasteiger partial charge in [0.25, 0.3) is 0 Å². The van der Waals surface area contributed by atoms with Gasteiger partial charge in [0, 0.05) is 39.0 Å². The lowest BCUT2D eigenvalue weighted by Gasteiger charge is -2.30. The molecule has 0 amide bonds. The largest absolute Gasteiger partial charge is 0.310 e. The number of benzene rings is 10. The highest BCUT2D eigenvalue weighted by atomic mass is 15.1. The van der Waals surface area contributed by atoms with Crippen LogP contribution in [0.4, 0.5) is 17.1 Å². The highest BCUT2D eigenvalue weighted by Crippen LogP contribution is 2.47. The van der Waals surface area contributed by atoms with Crippen molar-refractivity contribution >= 4 is 60.4 Å². The van der Waals surface area contributed by atoms with Crippen molar-refractivity contribution in [3.05, 3.63) is 230 Å². The third kappa shape index (κ3) is 6.57. The van der Waals surface area contributed by atoms with Crippen molar-refractivity contribution in [2.45, 2.75) is 38.0 Å². The van der Waals surface area contributed by atoms with Crippen LogP contribution in [0.5, 0.6) is 0 Å². The SMILES string of the molecule is c1ccc(-n2c3ccccc3c3cccc(-c4cccc(N(c5cccc(-c6cccc7ccccc67)c5)c5ccccc5-c5cccc6cccc(C7CCCCC7)c56)c4)c32)cc1. The van der Waals surface area contributed by atoms with Crippen molar-refractivity contribution in [3.63, 3.8) is 0 Å². The molecule has 0 unspecified atom stereocenters. The Morgan fingerprint density at radius 3 is 1.77 bits per heavy atom. The fourth-order valence-electron chi connectivity index (χ4n) is 10.9. The molecule has 1 heterocycles. The molecule has 0 spiro atoms. The number of anilines is 3. The van der Waals surface area contributed by atoms with Gasteiger partial charge in [0.15, 0.2) is 0 Å². The van der Waals surface area contributed by atoms with E-state index in [0.717, 1.165) is 22.7 Å². The lowest BCUT2D eigenvalue weighted by Crippen LogP contribution is -2.12. The summed E-state index contributed by atoms with van der Waals surface area (Å²) < 4.78 is 2.44. The van der Waals surface area contributed by atoms with Crippen LogP contribution in [0.25, 0.3) is 82.4 Å². The van der Waals surface area contributed by atoms with Crippen LogP contribution in [0.3, 0.4) is 0 Å². The molecule has 2 nitrogen and oxygen atoms in total. The molecule has 1 saturated carbocycles. The van der Waals surface area contributed by atoms with E-state index in [1.165, 1.54) is 114 Å². The van der Waals surface area contributed by atoms with E-state index in [0.29, 0.717) is 5.92 Å². The first-order valence-corrected chi connectivity index (χ1v) is 23.0. The maximum Gasteiger partial charge on any atom is 0.0619 e. The van der Waals surface area contributed by atoms with Gasteiger partial charge < -0.3 is 9.47 Å². The number of nitrogens with zero attached hydrogens (tertiary/aromatic N) is 2. The average molecular weight is 821 g/mol. The Morgan fingerprint density at radius 2 is 0.953 bits per heavy atom. The molecule has 0 saturated heterocycles. The van der Waals surface area contributed by atoms with Crippen molar-refractivity contribution in [3.8, 4) is 39.1 Å². The van der Waals surface area contributed by atoms with E-state index in [2.05, 4.69) is 234 Å². The molecule has 1 aromatic heterocycles. The topological polar surface area (TPSA) is 8.17 Å². The summed E-state index contributed by atoms with van der Waals surface area (Å²) in [5.74, 6) is 0.574. The average Bonchev–Trinajstić information content (AvgIpc) is 3.71. The lowest BCUT2D eigenvalue weighted by atomic mass is 9.80. The summed E-state index contributed by atoms with van der Waals surface area (Å²) in [7, 11) is 0. The summed E-state index contributed by atoms with van der Waals surface area (Å²) in [6, 6.07) is 83.1. The van der Waals surface area contributed by atoms with Crippen molar-refractivity contribution < 1.29 is 0 Å². The van der Waals surface area contributed by atoms with Gasteiger partial charge in [0.2, 0.25) is 0 Å². The Bertz CT molecular complexity index is 3490. The number of rotatable bonds is 8. The quantitative estimate of drug-likeness (QED) is 0.148. The Balaban J connectivity index is 1.10. The predicted molar refractivity (Wildman–Crippen MR) is 273 cm³/mol. The monoisotopic (exact) mass is 820 g/mol. The molecule has 0 bridgehead atoms. The fraction of sp³-hybridized carbons (Fsp3) is 0.0968. The second kappa shape index (κ2) is 16.2. The molecule has 1 aliphatic carbocycles. The van der Waals surface area contributed by atoms with Crippen LogP contribution >= 0.6 is 0 Å². The summed E-state index contributed by atoms with van der Waals surface area (Å²) >= 11 is 0. The first-order chi connectivity index (χ1) is 31.8. The van der Waals surface area contributed by atoms with Crippen LogP contribution in [-0.2, 0) is 0 Å². The van der Waals surface area contributed by atoms with Crippen LogP contribution in [0, 0.1) is 0 Å². The fourth-order valence-corrected chi connectivity index (χ4v) is 10.9. The van der Waals surface area contributed by atoms with Crippen molar-refractivity contribution in [2.24, 2.45) is 0 Å². The zero-order chi connectivity index (χ0) is 42.4. The maximum absolute atomic E-state index is 2.50. The lowest BCUT2D eigenvalue weighted by molar-refractivity contribution is 0.445. The molecule has 0 radical (unpaired) electrons. The summed E-state index contributed by atoms with van der Waals surface area (Å²) in [5.41, 5.74) is 15.7. The van der Waals surface area contributed by atoms with Crippen molar-refractivity contribution in [1.29, 1.82) is 0 Å². The zero-order valence-electron chi connectivity index (χ0n) is 35.9. The third-order valence-electron chi connectivity index (χ3n) is 13.7. The third-order valence-corrected chi connectivity index (χ3v) is 13.7. The molecule has 1 aliphatic rings. The number of hydrogen-bond donors (Lipinski definition) is 0. The standard InChI is InChI=1S/C62H48N2/c1-3-19-44(20-4-1)53-35-16-23-45-24-17-37-57(61(45)53)55-32-9-11-39-59(55)63(49-29-13-25-46(41-49)52-34-15-22-43-21-7-8-31-51(43)52)50-30-14-26-47(42-50)54-36-18-38-58-56-33-10-12-40-60(56)64(62(54)58)48-27-5-2-6-28-48/h2,5-18,21-42,44H,1,3-4,19-20H2. The molecule has 1 fully saturated rings. The summed E-state index contributed by atoms with van der Waals surface area (Å²) in [4.78, 5) is 2.50. The van der Waals surface area contributed by atoms with Gasteiger partial charge in [-0.1, -0.05) is 195 Å². The Hall–Kier alpha value is -7.68. The highest BCUT2D eigenvalue weighted by Gasteiger charge is 2.24. The van der Waals surface area contributed by atoms with E-state index in [1.54, 1.807) is 0 Å². The Kier molecular flexibility index (Phi) is 9.64. The molecular formula is C62H48N2. The van der Waals surface area contributed by atoms with Gasteiger partial charge in [-0.3, -0.25) is 0 Å². The van der Waals surface area contributed by atoms with E-state index in [9.17, 15) is 0 Å². The van der Waals surface area contributed by atoms with Crippen LogP contribution < -0.4 is 4.90 Å². The van der Waals surface area contributed by atoms with E-state index in [4.69, 9.17) is 0 Å². The van der Waals surface area contributed by atoms with Crippen LogP contribution in [0.1, 0.15) is 43.6 Å². The number of hydrogen-bond acceptors (Lipinski definition) is 1. The molecule has 64 heavy (non-hydrogen) atoms. The molecule has 11 aromatic rings. The van der Waals surface area contributed by atoms with Crippen molar-refractivity contribution in [2.75, 3.05) is 4.90 Å². The molecular weight excluding hydrogens is 773 g/mol. The molecule has 0 aliphatic heterocycles. The van der Waals surface area contributed by atoms with Crippen LogP contribution in [-0.4, -0.2) is 4.57 Å². The van der Waals surface area contributed by atoms with E-state index in [1.807, 2.05) is 0 Å². The minimum atomic E-state index is 0.574. The zero-order valence-corrected chi connectivity index (χ0v) is 35.9. The second-order valence-corrected chi connectivity index (χ2v) is 17.5. The molecule has 10 aromatic carbocycles. The molecule has 2 heteroatoms. The van der Waals surface area contributed by atoms with Crippen LogP contribution in [0.15, 0.2) is 224 Å². The van der Waals surface area contributed by atoms with Gasteiger partial charge in [-0.05, 0) is 117 Å². The summed E-state index contributed by atoms with van der Waals surface area (Å²) in [6.45, 7) is 0. The molecule has 0 N–H and O–H groups in total. The molecule has 0 atom stereocenters. The number of para-hydroxylation sites is 4. The highest BCUT2D eigenvalue weighted by molar-refractivity contribution is 6.14. The predicted octanol–water partition coefficient (Wildman–Crippen LogP) is 17.6. The number of fused-ring (bicyclic) bond motifs is 5. The van der Waals surface area contributed by atoms with Crippen LogP contribution in [0.2, 0.25) is 0 Å². The molecule has 306 valence electrons. The minimum absolute atomic E-state index is 0.574. The Morgan fingerprint density at radius 1 is 0.391 bits per heavy atom. The first kappa shape index (κ1) is 38.0. The van der Waals surface area contributed by atoms with Crippen molar-refractivity contribution in [1.82, 2.24) is 4.57 Å². The summed E-state index contributed by atoms with van der Waals surface area (Å²) in [5, 5.41) is 7.70. The van der Waals surface area contributed by atoms with Gasteiger partial charge in [-0.15, -0.1) is 0 Å². The Labute approximate surface area is 375 Å². The molecule has 12 rings (SSSR count). The smallest absolute Gasteiger partial charge is 0.0619 e.